The molecule has 3 aromatic rings. The highest BCUT2D eigenvalue weighted by Gasteiger charge is 2.35. The van der Waals surface area contributed by atoms with E-state index in [1.807, 2.05) is 6.92 Å². The predicted molar refractivity (Wildman–Crippen MR) is 107 cm³/mol. The molecular weight excluding hydrogens is 358 g/mol. The van der Waals surface area contributed by atoms with Crippen LogP contribution in [-0.4, -0.2) is 52.9 Å². The van der Waals surface area contributed by atoms with Crippen LogP contribution in [0.25, 0.3) is 4.96 Å². The first-order valence-corrected chi connectivity index (χ1v) is 10.7. The fourth-order valence-electron chi connectivity index (χ4n) is 3.93. The van der Waals surface area contributed by atoms with Gasteiger partial charge in [-0.3, -0.25) is 0 Å². The molecule has 7 heteroatoms. The Labute approximate surface area is 164 Å². The van der Waals surface area contributed by atoms with Gasteiger partial charge in [0.25, 0.3) is 0 Å². The van der Waals surface area contributed by atoms with Crippen molar-refractivity contribution in [1.29, 1.82) is 0 Å². The molecule has 0 spiro atoms. The van der Waals surface area contributed by atoms with Crippen molar-refractivity contribution in [2.24, 2.45) is 0 Å². The molecule has 0 saturated carbocycles. The average Bonchev–Trinajstić information content (AvgIpc) is 3.23. The number of aryl methyl sites for hydroxylation is 2. The second kappa shape index (κ2) is 7.58. The van der Waals surface area contributed by atoms with Gasteiger partial charge in [-0.25, -0.2) is 4.98 Å². The third-order valence-corrected chi connectivity index (χ3v) is 6.78. The molecule has 1 saturated heterocycles. The number of benzene rings is 1. The summed E-state index contributed by atoms with van der Waals surface area (Å²) in [5.41, 5.74) is 2.60. The fraction of sp³-hybridized carbons (Fsp3) is 0.500. The topological polar surface area (TPSA) is 59.3 Å². The van der Waals surface area contributed by atoms with Crippen LogP contribution in [0.5, 0.6) is 5.88 Å². The summed E-state index contributed by atoms with van der Waals surface area (Å²) in [6.45, 7) is 8.71. The van der Waals surface area contributed by atoms with Gasteiger partial charge in [0.05, 0.1) is 7.05 Å². The van der Waals surface area contributed by atoms with E-state index in [9.17, 15) is 5.11 Å². The molecule has 1 aliphatic heterocycles. The number of hydrogen-bond acceptors (Lipinski definition) is 4. The number of aromatic nitrogens is 3. The minimum atomic E-state index is 0.127. The first-order valence-electron chi connectivity index (χ1n) is 9.92. The molecule has 1 aromatic carbocycles. The van der Waals surface area contributed by atoms with Crippen molar-refractivity contribution in [1.82, 2.24) is 14.6 Å². The molecule has 0 bridgehead atoms. The normalized spacial score (nSPS) is 21.6. The largest absolute Gasteiger partial charge is 0.492 e. The van der Waals surface area contributed by atoms with Crippen LogP contribution < -0.4 is 9.80 Å². The van der Waals surface area contributed by atoms with Gasteiger partial charge in [0.2, 0.25) is 10.8 Å². The molecule has 3 N–H and O–H groups in total. The molecule has 4 rings (SSSR count). The van der Waals surface area contributed by atoms with Crippen molar-refractivity contribution in [3.8, 4) is 5.88 Å². The van der Waals surface area contributed by atoms with Gasteiger partial charge in [-0.2, -0.15) is 4.52 Å². The van der Waals surface area contributed by atoms with Crippen LogP contribution in [0.3, 0.4) is 0 Å². The van der Waals surface area contributed by atoms with Crippen LogP contribution in [0.15, 0.2) is 24.3 Å². The molecule has 2 aromatic heterocycles. The maximum absolute atomic E-state index is 11.0. The van der Waals surface area contributed by atoms with E-state index < -0.39 is 0 Å². The Balaban J connectivity index is 1.77. The number of piperazine rings is 1. The Morgan fingerprint density at radius 3 is 2.41 bits per heavy atom. The first kappa shape index (κ1) is 18.4. The molecule has 27 heavy (non-hydrogen) atoms. The monoisotopic (exact) mass is 387 g/mol. The number of thiazole rings is 1. The lowest BCUT2D eigenvalue weighted by atomic mass is 10.0. The highest BCUT2D eigenvalue weighted by molar-refractivity contribution is 7.17. The van der Waals surface area contributed by atoms with Crippen LogP contribution in [-0.2, 0) is 12.8 Å². The molecule has 0 radical (unpaired) electrons. The molecule has 144 valence electrons. The summed E-state index contributed by atoms with van der Waals surface area (Å²) in [4.78, 5) is 9.43. The van der Waals surface area contributed by atoms with E-state index in [0.717, 1.165) is 54.7 Å². The number of hydrogen-bond donors (Lipinski definition) is 3. The van der Waals surface area contributed by atoms with Gasteiger partial charge in [-0.15, -0.1) is 5.10 Å². The first-order chi connectivity index (χ1) is 13.1. The van der Waals surface area contributed by atoms with Gasteiger partial charge in [0.15, 0.2) is 11.9 Å². The minimum Gasteiger partial charge on any atom is -0.492 e. The molecule has 1 fully saturated rings. The fourth-order valence-corrected chi connectivity index (χ4v) is 5.09. The lowest BCUT2D eigenvalue weighted by molar-refractivity contribution is -1.02. The second-order valence-corrected chi connectivity index (χ2v) is 8.52. The number of nitrogens with zero attached hydrogens (tertiary/aromatic N) is 3. The quantitative estimate of drug-likeness (QED) is 0.583. The lowest BCUT2D eigenvalue weighted by Gasteiger charge is -2.33. The standard InChI is InChI=1S/C20H27N5OS/c1-4-14-6-8-15(9-7-14)17(24-12-10-23(3)11-13-24)18-19(26)25-20(27-18)21-16(5-2)22-25/h6-9,17,26H,4-5,10-13H2,1-3H3/p+2/t17-/m1/s1. The average molecular weight is 388 g/mol. The number of rotatable bonds is 5. The van der Waals surface area contributed by atoms with Gasteiger partial charge in [0.1, 0.15) is 31.1 Å². The maximum Gasteiger partial charge on any atom is 0.235 e. The van der Waals surface area contributed by atoms with Crippen LogP contribution >= 0.6 is 11.3 Å². The van der Waals surface area contributed by atoms with Crippen molar-refractivity contribution >= 4 is 16.3 Å². The number of aromatic hydroxyl groups is 1. The molecule has 0 unspecified atom stereocenters. The van der Waals surface area contributed by atoms with Crippen molar-refractivity contribution < 1.29 is 14.9 Å². The number of quaternary nitrogens is 2. The third-order valence-electron chi connectivity index (χ3n) is 5.70. The van der Waals surface area contributed by atoms with E-state index in [-0.39, 0.29) is 11.9 Å². The van der Waals surface area contributed by atoms with Gasteiger partial charge in [-0.1, -0.05) is 49.4 Å². The van der Waals surface area contributed by atoms with Gasteiger partial charge in [0, 0.05) is 12.0 Å². The zero-order chi connectivity index (χ0) is 19.0. The molecule has 1 aliphatic rings. The van der Waals surface area contributed by atoms with E-state index in [2.05, 4.69) is 48.3 Å². The Bertz CT molecular complexity index is 908. The number of fused-ring (bicyclic) bond motifs is 1. The molecule has 6 nitrogen and oxygen atoms in total. The summed E-state index contributed by atoms with van der Waals surface area (Å²) >= 11 is 1.58. The Morgan fingerprint density at radius 1 is 1.11 bits per heavy atom. The summed E-state index contributed by atoms with van der Waals surface area (Å²) in [5.74, 6) is 1.04. The molecule has 0 aliphatic carbocycles. The van der Waals surface area contributed by atoms with E-state index >= 15 is 0 Å². The van der Waals surface area contributed by atoms with Crippen molar-refractivity contribution in [3.63, 3.8) is 0 Å². The zero-order valence-corrected chi connectivity index (χ0v) is 17.1. The SMILES string of the molecule is CCc1ccc([C@H](c2sc3nc(CC)nn3c2O)[NH+]2CC[NH+](C)CC2)cc1. The van der Waals surface area contributed by atoms with Crippen molar-refractivity contribution in [2.75, 3.05) is 33.2 Å². The highest BCUT2D eigenvalue weighted by Crippen LogP contribution is 2.35. The number of likely N-dealkylation sites (N-methyl/N-ethyl adjacent to an activating group) is 1. The highest BCUT2D eigenvalue weighted by atomic mass is 32.1. The van der Waals surface area contributed by atoms with Crippen LogP contribution in [0, 0.1) is 0 Å². The predicted octanol–water partition coefficient (Wildman–Crippen LogP) is 0.124. The van der Waals surface area contributed by atoms with Gasteiger partial charge >= 0.3 is 0 Å². The number of nitrogens with one attached hydrogen (secondary N) is 2. The molecule has 3 heterocycles. The summed E-state index contributed by atoms with van der Waals surface area (Å²) < 4.78 is 1.62. The van der Waals surface area contributed by atoms with E-state index in [1.165, 1.54) is 16.0 Å². The van der Waals surface area contributed by atoms with Crippen molar-refractivity contribution in [2.45, 2.75) is 32.7 Å². The van der Waals surface area contributed by atoms with E-state index in [0.29, 0.717) is 0 Å². The second-order valence-electron chi connectivity index (χ2n) is 7.51. The minimum absolute atomic E-state index is 0.127. The zero-order valence-electron chi connectivity index (χ0n) is 16.3. The molecule has 0 amide bonds. The van der Waals surface area contributed by atoms with Crippen molar-refractivity contribution in [3.05, 3.63) is 46.1 Å². The van der Waals surface area contributed by atoms with E-state index in [1.54, 1.807) is 20.8 Å². The summed E-state index contributed by atoms with van der Waals surface area (Å²) in [6, 6.07) is 9.02. The van der Waals surface area contributed by atoms with E-state index in [4.69, 9.17) is 0 Å². The maximum atomic E-state index is 11.0. The summed E-state index contributed by atoms with van der Waals surface area (Å²) in [6.07, 6.45) is 1.81. The summed E-state index contributed by atoms with van der Waals surface area (Å²) in [5, 5.41) is 15.4. The lowest BCUT2D eigenvalue weighted by Crippen LogP contribution is -3.27. The Kier molecular flexibility index (Phi) is 5.16. The Morgan fingerprint density at radius 2 is 1.81 bits per heavy atom. The molecule has 1 atom stereocenters. The molecular formula is C20H29N5OS+2. The van der Waals surface area contributed by atoms with Gasteiger partial charge < -0.3 is 14.9 Å². The van der Waals surface area contributed by atoms with Gasteiger partial charge in [-0.05, 0) is 12.0 Å². The third kappa shape index (κ3) is 3.47. The Hall–Kier alpha value is -1.96. The van der Waals surface area contributed by atoms with Crippen LogP contribution in [0.2, 0.25) is 0 Å². The summed E-state index contributed by atoms with van der Waals surface area (Å²) in [7, 11) is 2.26. The smallest absolute Gasteiger partial charge is 0.235 e. The van der Waals surface area contributed by atoms with Crippen LogP contribution in [0.4, 0.5) is 0 Å². The van der Waals surface area contributed by atoms with Crippen LogP contribution in [0.1, 0.15) is 41.7 Å².